The average molecular weight is 477 g/mol. The van der Waals surface area contributed by atoms with Crippen molar-refractivity contribution in [3.05, 3.63) is 78.1 Å². The maximum Gasteiger partial charge on any atom is 0.221 e. The fourth-order valence-electron chi connectivity index (χ4n) is 3.72. The van der Waals surface area contributed by atoms with Crippen molar-refractivity contribution in [1.29, 1.82) is 0 Å². The molecular weight excluding hydrogens is 448 g/mol. The quantitative estimate of drug-likeness (QED) is 0.383. The molecule has 0 radical (unpaired) electrons. The van der Waals surface area contributed by atoms with Crippen LogP contribution in [0.1, 0.15) is 45.0 Å². The number of para-hydroxylation sites is 1. The lowest BCUT2D eigenvalue weighted by Crippen LogP contribution is -2.37. The van der Waals surface area contributed by atoms with Gasteiger partial charge in [0, 0.05) is 30.5 Å². The highest BCUT2D eigenvalue weighted by molar-refractivity contribution is 7.84. The summed E-state index contributed by atoms with van der Waals surface area (Å²) in [4.78, 5) is 16.3. The zero-order valence-corrected chi connectivity index (χ0v) is 20.5. The van der Waals surface area contributed by atoms with Crippen LogP contribution >= 0.6 is 0 Å². The van der Waals surface area contributed by atoms with Gasteiger partial charge in [0.05, 0.1) is 33.2 Å². The van der Waals surface area contributed by atoms with E-state index in [2.05, 4.69) is 20.2 Å². The maximum absolute atomic E-state index is 13.2. The van der Waals surface area contributed by atoms with Gasteiger partial charge in [0.25, 0.3) is 0 Å². The molecule has 176 valence electrons. The molecule has 0 aliphatic heterocycles. The first kappa shape index (κ1) is 23.8. The molecule has 8 heteroatoms. The molecule has 4 aromatic rings. The summed E-state index contributed by atoms with van der Waals surface area (Å²) >= 11 is 0. The second-order valence-corrected chi connectivity index (χ2v) is 11.0. The SMILES string of the molecule is CC(=O)Nc1cccnc1CC(NS(=O)C(C)(C)C)c1ccccc1-c1noc2ccccc12. The van der Waals surface area contributed by atoms with Crippen LogP contribution in [-0.4, -0.2) is 25.0 Å². The number of nitrogens with one attached hydrogen (secondary N) is 2. The highest BCUT2D eigenvalue weighted by Gasteiger charge is 2.27. The van der Waals surface area contributed by atoms with Crippen molar-refractivity contribution < 1.29 is 13.5 Å². The number of amides is 1. The van der Waals surface area contributed by atoms with Gasteiger partial charge in [0.15, 0.2) is 5.58 Å². The van der Waals surface area contributed by atoms with Crippen LogP contribution in [0.25, 0.3) is 22.2 Å². The van der Waals surface area contributed by atoms with Crippen LogP contribution in [0.3, 0.4) is 0 Å². The minimum absolute atomic E-state index is 0.175. The molecule has 2 unspecified atom stereocenters. The lowest BCUT2D eigenvalue weighted by Gasteiger charge is -2.26. The number of nitrogens with zero attached hydrogens (tertiary/aromatic N) is 2. The van der Waals surface area contributed by atoms with E-state index in [1.165, 1.54) is 6.92 Å². The number of benzene rings is 2. The maximum atomic E-state index is 13.2. The summed E-state index contributed by atoms with van der Waals surface area (Å²) < 4.78 is 21.6. The predicted octanol–water partition coefficient (Wildman–Crippen LogP) is 5.18. The molecule has 0 aliphatic rings. The third-order valence-corrected chi connectivity index (χ3v) is 6.98. The van der Waals surface area contributed by atoms with Crippen molar-refractivity contribution in [2.75, 3.05) is 5.32 Å². The van der Waals surface area contributed by atoms with Crippen LogP contribution in [0.15, 0.2) is 71.4 Å². The number of carbonyl (C=O) groups is 1. The van der Waals surface area contributed by atoms with Crippen LogP contribution in [-0.2, 0) is 22.2 Å². The summed E-state index contributed by atoms with van der Waals surface area (Å²) in [6.45, 7) is 7.24. The van der Waals surface area contributed by atoms with Crippen LogP contribution in [0.4, 0.5) is 5.69 Å². The van der Waals surface area contributed by atoms with E-state index >= 15 is 0 Å². The summed E-state index contributed by atoms with van der Waals surface area (Å²) in [6.07, 6.45) is 2.10. The van der Waals surface area contributed by atoms with Crippen molar-refractivity contribution in [2.24, 2.45) is 0 Å². The summed E-state index contributed by atoms with van der Waals surface area (Å²) in [6, 6.07) is 18.8. The Morgan fingerprint density at radius 3 is 2.56 bits per heavy atom. The fraction of sp³-hybridized carbons (Fsp3) is 0.269. The number of hydrogen-bond acceptors (Lipinski definition) is 5. The van der Waals surface area contributed by atoms with E-state index in [4.69, 9.17) is 4.52 Å². The van der Waals surface area contributed by atoms with Gasteiger partial charge < -0.3 is 9.84 Å². The van der Waals surface area contributed by atoms with E-state index in [0.29, 0.717) is 23.4 Å². The molecule has 2 N–H and O–H groups in total. The van der Waals surface area contributed by atoms with E-state index in [9.17, 15) is 9.00 Å². The number of aromatic nitrogens is 2. The van der Waals surface area contributed by atoms with E-state index < -0.39 is 15.7 Å². The highest BCUT2D eigenvalue weighted by Crippen LogP contribution is 2.35. The lowest BCUT2D eigenvalue weighted by atomic mass is 9.94. The monoisotopic (exact) mass is 476 g/mol. The van der Waals surface area contributed by atoms with Crippen molar-refractivity contribution in [1.82, 2.24) is 14.9 Å². The Labute approximate surface area is 201 Å². The van der Waals surface area contributed by atoms with E-state index in [0.717, 1.165) is 22.2 Å². The van der Waals surface area contributed by atoms with Gasteiger partial charge in [-0.15, -0.1) is 0 Å². The second-order valence-electron chi connectivity index (χ2n) is 9.05. The molecule has 0 aliphatic carbocycles. The van der Waals surface area contributed by atoms with Gasteiger partial charge in [0.2, 0.25) is 5.91 Å². The molecular formula is C26H28N4O3S. The molecule has 7 nitrogen and oxygen atoms in total. The molecule has 34 heavy (non-hydrogen) atoms. The van der Waals surface area contributed by atoms with Gasteiger partial charge in [-0.2, -0.15) is 0 Å². The first-order valence-corrected chi connectivity index (χ1v) is 12.2. The largest absolute Gasteiger partial charge is 0.356 e. The molecule has 2 aromatic heterocycles. The zero-order valence-electron chi connectivity index (χ0n) is 19.7. The zero-order chi connectivity index (χ0) is 24.3. The Kier molecular flexibility index (Phi) is 6.90. The number of rotatable bonds is 7. The number of pyridine rings is 1. The number of anilines is 1. The summed E-state index contributed by atoms with van der Waals surface area (Å²) in [5.41, 5.74) is 4.55. The van der Waals surface area contributed by atoms with Crippen molar-refractivity contribution in [2.45, 2.75) is 44.9 Å². The predicted molar refractivity (Wildman–Crippen MR) is 135 cm³/mol. The van der Waals surface area contributed by atoms with E-state index in [-0.39, 0.29) is 11.9 Å². The van der Waals surface area contributed by atoms with Gasteiger partial charge in [-0.05, 0) is 50.6 Å². The Morgan fingerprint density at radius 2 is 1.79 bits per heavy atom. The first-order valence-electron chi connectivity index (χ1n) is 11.1. The molecule has 0 fully saturated rings. The Balaban J connectivity index is 1.81. The molecule has 2 atom stereocenters. The minimum atomic E-state index is -1.35. The average Bonchev–Trinajstić information content (AvgIpc) is 3.23. The number of fused-ring (bicyclic) bond motifs is 1. The van der Waals surface area contributed by atoms with E-state index in [1.54, 1.807) is 12.3 Å². The van der Waals surface area contributed by atoms with Crippen molar-refractivity contribution in [3.8, 4) is 11.3 Å². The molecule has 4 rings (SSSR count). The van der Waals surface area contributed by atoms with Crippen LogP contribution in [0, 0.1) is 0 Å². The fourth-order valence-corrected chi connectivity index (χ4v) is 4.54. The second kappa shape index (κ2) is 9.87. The third kappa shape index (κ3) is 5.24. The molecule has 2 aromatic carbocycles. The van der Waals surface area contributed by atoms with Gasteiger partial charge in [-0.1, -0.05) is 41.6 Å². The smallest absolute Gasteiger partial charge is 0.221 e. The van der Waals surface area contributed by atoms with Gasteiger partial charge >= 0.3 is 0 Å². The van der Waals surface area contributed by atoms with E-state index in [1.807, 2.05) is 75.4 Å². The molecule has 0 saturated carbocycles. The summed E-state index contributed by atoms with van der Waals surface area (Å²) in [5.74, 6) is -0.175. The minimum Gasteiger partial charge on any atom is -0.356 e. The molecule has 0 bridgehead atoms. The van der Waals surface area contributed by atoms with Crippen LogP contribution < -0.4 is 10.0 Å². The summed E-state index contributed by atoms with van der Waals surface area (Å²) in [7, 11) is -1.35. The van der Waals surface area contributed by atoms with Gasteiger partial charge in [-0.25, -0.2) is 8.93 Å². The number of carbonyl (C=O) groups excluding carboxylic acids is 1. The summed E-state index contributed by atoms with van der Waals surface area (Å²) in [5, 5.41) is 8.10. The molecule has 0 saturated heterocycles. The Bertz CT molecular complexity index is 1340. The highest BCUT2D eigenvalue weighted by atomic mass is 32.2. The Hall–Kier alpha value is -3.36. The van der Waals surface area contributed by atoms with Crippen molar-refractivity contribution >= 4 is 33.5 Å². The molecule has 1 amide bonds. The van der Waals surface area contributed by atoms with Gasteiger partial charge in [0.1, 0.15) is 5.69 Å². The van der Waals surface area contributed by atoms with Crippen LogP contribution in [0.2, 0.25) is 0 Å². The molecule has 2 heterocycles. The lowest BCUT2D eigenvalue weighted by molar-refractivity contribution is -0.114. The van der Waals surface area contributed by atoms with Gasteiger partial charge in [-0.3, -0.25) is 9.78 Å². The van der Waals surface area contributed by atoms with Crippen molar-refractivity contribution in [3.63, 3.8) is 0 Å². The standard InChI is InChI=1S/C26H28N4O3S/c1-17(31)28-21-13-9-15-27-23(21)16-22(30-34(32)26(2,3)4)18-10-5-6-11-19(18)25-20-12-7-8-14-24(20)33-29-25/h5-15,22,30H,16H2,1-4H3,(H,28,31). The first-order chi connectivity index (χ1) is 16.2. The topological polar surface area (TPSA) is 97.1 Å². The molecule has 0 spiro atoms. The third-order valence-electron chi connectivity index (χ3n) is 5.37. The number of hydrogen-bond donors (Lipinski definition) is 2. The Morgan fingerprint density at radius 1 is 1.06 bits per heavy atom. The van der Waals surface area contributed by atoms with Crippen LogP contribution in [0.5, 0.6) is 0 Å². The normalized spacial score (nSPS) is 13.5.